The lowest BCUT2D eigenvalue weighted by Crippen LogP contribution is -2.44. The van der Waals surface area contributed by atoms with Gasteiger partial charge in [-0.1, -0.05) is 6.07 Å². The Labute approximate surface area is 109 Å². The number of amides is 1. The highest BCUT2D eigenvalue weighted by Crippen LogP contribution is 2.18. The lowest BCUT2D eigenvalue weighted by atomic mass is 9.92. The zero-order chi connectivity index (χ0) is 13.8. The van der Waals surface area contributed by atoms with Crippen LogP contribution in [0.1, 0.15) is 32.2 Å². The van der Waals surface area contributed by atoms with Gasteiger partial charge in [0.05, 0.1) is 17.7 Å². The third-order valence-corrected chi connectivity index (χ3v) is 3.06. The smallest absolute Gasteiger partial charge is 0.229 e. The Kier molecular flexibility index (Phi) is 4.84. The van der Waals surface area contributed by atoms with Gasteiger partial charge >= 0.3 is 0 Å². The second-order valence-corrected chi connectivity index (χ2v) is 5.18. The molecule has 0 saturated heterocycles. The number of carbonyl (C=O) groups excluding carboxylic acids is 1. The molecule has 0 aliphatic heterocycles. The normalized spacial score (nSPS) is 11.4. The van der Waals surface area contributed by atoms with Crippen molar-refractivity contribution < 1.29 is 4.79 Å². The molecule has 0 aliphatic rings. The predicted octanol–water partition coefficient (Wildman–Crippen LogP) is 1.72. The summed E-state index contributed by atoms with van der Waals surface area (Å²) >= 11 is 0. The first kappa shape index (κ1) is 14.6. The van der Waals surface area contributed by atoms with Crippen LogP contribution in [0.4, 0.5) is 0 Å². The van der Waals surface area contributed by atoms with Crippen LogP contribution < -0.4 is 5.73 Å². The van der Waals surface area contributed by atoms with Crippen LogP contribution in [0.15, 0.2) is 18.2 Å². The molecule has 0 unspecified atom stereocenters. The lowest BCUT2D eigenvalue weighted by molar-refractivity contribution is -0.140. The summed E-state index contributed by atoms with van der Waals surface area (Å²) in [6.45, 7) is 9.23. The molecule has 1 aromatic rings. The Balaban J connectivity index is 2.82. The summed E-state index contributed by atoms with van der Waals surface area (Å²) in [5.41, 5.74) is 7.02. The minimum atomic E-state index is -0.514. The minimum Gasteiger partial charge on any atom is -0.337 e. The average Bonchev–Trinajstić information content (AvgIpc) is 2.35. The van der Waals surface area contributed by atoms with E-state index in [1.165, 1.54) is 0 Å². The van der Waals surface area contributed by atoms with Crippen molar-refractivity contribution >= 4 is 5.91 Å². The van der Waals surface area contributed by atoms with Crippen molar-refractivity contribution in [2.45, 2.75) is 34.2 Å². The van der Waals surface area contributed by atoms with E-state index < -0.39 is 5.41 Å². The highest BCUT2D eigenvalue weighted by atomic mass is 16.2. The molecular formula is C14H23N3O. The maximum atomic E-state index is 12.3. The van der Waals surface area contributed by atoms with Gasteiger partial charge in [-0.3, -0.25) is 9.78 Å². The molecule has 0 spiro atoms. The third-order valence-electron chi connectivity index (χ3n) is 3.06. The summed E-state index contributed by atoms with van der Waals surface area (Å²) in [6.07, 6.45) is 0. The van der Waals surface area contributed by atoms with E-state index in [2.05, 4.69) is 4.98 Å². The summed E-state index contributed by atoms with van der Waals surface area (Å²) in [7, 11) is 0. The second-order valence-electron chi connectivity index (χ2n) is 5.18. The molecule has 0 aromatic carbocycles. The minimum absolute atomic E-state index is 0.0795. The standard InChI is InChI=1S/C14H23N3O/c1-5-17(13(18)14(3,4)10-15)9-12-8-6-7-11(2)16-12/h6-8H,5,9-10,15H2,1-4H3. The molecular weight excluding hydrogens is 226 g/mol. The van der Waals surface area contributed by atoms with Gasteiger partial charge in [0, 0.05) is 18.8 Å². The van der Waals surface area contributed by atoms with Crippen molar-refractivity contribution in [2.24, 2.45) is 11.1 Å². The number of hydrogen-bond acceptors (Lipinski definition) is 3. The summed E-state index contributed by atoms with van der Waals surface area (Å²) in [5.74, 6) is 0.0795. The number of nitrogens with zero attached hydrogens (tertiary/aromatic N) is 2. The van der Waals surface area contributed by atoms with E-state index in [0.717, 1.165) is 11.4 Å². The van der Waals surface area contributed by atoms with Crippen molar-refractivity contribution in [2.75, 3.05) is 13.1 Å². The average molecular weight is 249 g/mol. The molecule has 1 aromatic heterocycles. The van der Waals surface area contributed by atoms with E-state index in [0.29, 0.717) is 19.6 Å². The van der Waals surface area contributed by atoms with Crippen LogP contribution in [0.25, 0.3) is 0 Å². The largest absolute Gasteiger partial charge is 0.337 e. The molecule has 0 aliphatic carbocycles. The number of aryl methyl sites for hydroxylation is 1. The molecule has 1 rings (SSSR count). The second kappa shape index (κ2) is 5.96. The Morgan fingerprint density at radius 3 is 2.61 bits per heavy atom. The zero-order valence-corrected chi connectivity index (χ0v) is 11.7. The maximum absolute atomic E-state index is 12.3. The predicted molar refractivity (Wildman–Crippen MR) is 72.9 cm³/mol. The summed E-state index contributed by atoms with van der Waals surface area (Å²) in [6, 6.07) is 5.86. The van der Waals surface area contributed by atoms with Crippen LogP contribution in [-0.2, 0) is 11.3 Å². The third kappa shape index (κ3) is 3.53. The molecule has 0 saturated carbocycles. The fraction of sp³-hybridized carbons (Fsp3) is 0.571. The van der Waals surface area contributed by atoms with Crippen LogP contribution in [0.3, 0.4) is 0 Å². The summed E-state index contributed by atoms with van der Waals surface area (Å²) in [5, 5.41) is 0. The molecule has 4 heteroatoms. The topological polar surface area (TPSA) is 59.2 Å². The first-order valence-electron chi connectivity index (χ1n) is 6.32. The molecule has 0 bridgehead atoms. The van der Waals surface area contributed by atoms with Gasteiger partial charge in [0.2, 0.25) is 5.91 Å². The lowest BCUT2D eigenvalue weighted by Gasteiger charge is -2.30. The van der Waals surface area contributed by atoms with E-state index in [1.807, 2.05) is 45.9 Å². The first-order chi connectivity index (χ1) is 8.40. The molecule has 0 radical (unpaired) electrons. The number of aromatic nitrogens is 1. The van der Waals surface area contributed by atoms with Crippen LogP contribution in [0, 0.1) is 12.3 Å². The van der Waals surface area contributed by atoms with E-state index >= 15 is 0 Å². The van der Waals surface area contributed by atoms with Crippen molar-refractivity contribution in [3.63, 3.8) is 0 Å². The molecule has 100 valence electrons. The highest BCUT2D eigenvalue weighted by molar-refractivity contribution is 5.82. The summed E-state index contributed by atoms with van der Waals surface area (Å²) in [4.78, 5) is 18.6. The van der Waals surface area contributed by atoms with Crippen molar-refractivity contribution in [3.8, 4) is 0 Å². The van der Waals surface area contributed by atoms with Gasteiger partial charge in [0.25, 0.3) is 0 Å². The molecule has 1 heterocycles. The van der Waals surface area contributed by atoms with Gasteiger partial charge in [0.15, 0.2) is 0 Å². The number of hydrogen-bond donors (Lipinski definition) is 1. The number of pyridine rings is 1. The highest BCUT2D eigenvalue weighted by Gasteiger charge is 2.30. The van der Waals surface area contributed by atoms with E-state index in [9.17, 15) is 4.79 Å². The van der Waals surface area contributed by atoms with Crippen molar-refractivity contribution in [1.29, 1.82) is 0 Å². The van der Waals surface area contributed by atoms with E-state index in [-0.39, 0.29) is 5.91 Å². The van der Waals surface area contributed by atoms with Crippen LogP contribution >= 0.6 is 0 Å². The van der Waals surface area contributed by atoms with Crippen LogP contribution in [-0.4, -0.2) is 28.9 Å². The first-order valence-corrected chi connectivity index (χ1v) is 6.32. The van der Waals surface area contributed by atoms with Gasteiger partial charge in [0.1, 0.15) is 0 Å². The molecule has 2 N–H and O–H groups in total. The van der Waals surface area contributed by atoms with Crippen molar-refractivity contribution in [1.82, 2.24) is 9.88 Å². The maximum Gasteiger partial charge on any atom is 0.229 e. The fourth-order valence-electron chi connectivity index (χ4n) is 1.73. The molecule has 18 heavy (non-hydrogen) atoms. The van der Waals surface area contributed by atoms with Gasteiger partial charge in [-0.05, 0) is 39.8 Å². The summed E-state index contributed by atoms with van der Waals surface area (Å²) < 4.78 is 0. The quantitative estimate of drug-likeness (QED) is 0.864. The Morgan fingerprint density at radius 1 is 1.44 bits per heavy atom. The van der Waals surface area contributed by atoms with Gasteiger partial charge in [-0.15, -0.1) is 0 Å². The van der Waals surface area contributed by atoms with E-state index in [4.69, 9.17) is 5.73 Å². The molecule has 0 atom stereocenters. The molecule has 0 fully saturated rings. The van der Waals surface area contributed by atoms with Gasteiger partial charge in [-0.2, -0.15) is 0 Å². The number of rotatable bonds is 5. The van der Waals surface area contributed by atoms with Crippen LogP contribution in [0.2, 0.25) is 0 Å². The monoisotopic (exact) mass is 249 g/mol. The number of nitrogens with two attached hydrogens (primary N) is 1. The molecule has 1 amide bonds. The fourth-order valence-corrected chi connectivity index (χ4v) is 1.73. The Morgan fingerprint density at radius 2 is 2.11 bits per heavy atom. The SMILES string of the molecule is CCN(Cc1cccc(C)n1)C(=O)C(C)(C)CN. The Hall–Kier alpha value is -1.42. The van der Waals surface area contributed by atoms with Crippen molar-refractivity contribution in [3.05, 3.63) is 29.6 Å². The molecule has 4 nitrogen and oxygen atoms in total. The zero-order valence-electron chi connectivity index (χ0n) is 11.7. The Bertz CT molecular complexity index is 415. The van der Waals surface area contributed by atoms with Crippen LogP contribution in [0.5, 0.6) is 0 Å². The van der Waals surface area contributed by atoms with Gasteiger partial charge in [-0.25, -0.2) is 0 Å². The van der Waals surface area contributed by atoms with Gasteiger partial charge < -0.3 is 10.6 Å². The number of carbonyl (C=O) groups is 1. The van der Waals surface area contributed by atoms with E-state index in [1.54, 1.807) is 4.90 Å².